The Bertz CT molecular complexity index is 614. The molecule has 0 unspecified atom stereocenters. The van der Waals surface area contributed by atoms with Gasteiger partial charge in [0.25, 0.3) is 0 Å². The molecule has 0 aromatic heterocycles. The van der Waals surface area contributed by atoms with Gasteiger partial charge in [-0.2, -0.15) is 0 Å². The van der Waals surface area contributed by atoms with E-state index in [1.165, 1.54) is 0 Å². The molecule has 0 atom stereocenters. The third-order valence-electron chi connectivity index (χ3n) is 2.54. The maximum Gasteiger partial charge on any atom is 0.171 e. The van der Waals surface area contributed by atoms with Crippen LogP contribution in [0.3, 0.4) is 0 Å². The quantitative estimate of drug-likeness (QED) is 0.754. The summed E-state index contributed by atoms with van der Waals surface area (Å²) in [7, 11) is 0. The molecule has 0 aliphatic rings. The van der Waals surface area contributed by atoms with Crippen molar-refractivity contribution in [1.82, 2.24) is 5.32 Å². The molecule has 2 aromatic carbocycles. The number of nitrogens with one attached hydrogen (secondary N) is 2. The van der Waals surface area contributed by atoms with Crippen LogP contribution in [0.1, 0.15) is 5.56 Å². The van der Waals surface area contributed by atoms with Crippen molar-refractivity contribution in [2.45, 2.75) is 6.54 Å². The van der Waals surface area contributed by atoms with Gasteiger partial charge in [0.15, 0.2) is 5.11 Å². The van der Waals surface area contributed by atoms with Crippen LogP contribution < -0.4 is 10.6 Å². The van der Waals surface area contributed by atoms with Gasteiger partial charge in [-0.1, -0.05) is 46.9 Å². The second-order valence-electron chi connectivity index (χ2n) is 4.06. The van der Waals surface area contributed by atoms with E-state index in [4.69, 9.17) is 47.0 Å². The first-order valence-corrected chi connectivity index (χ1v) is 7.33. The molecule has 2 rings (SSSR count). The van der Waals surface area contributed by atoms with E-state index in [1.54, 1.807) is 12.1 Å². The van der Waals surface area contributed by atoms with Crippen LogP contribution in [-0.4, -0.2) is 5.11 Å². The Labute approximate surface area is 138 Å². The summed E-state index contributed by atoms with van der Waals surface area (Å²) in [5, 5.41) is 8.37. The number of rotatable bonds is 3. The first-order chi connectivity index (χ1) is 9.54. The van der Waals surface area contributed by atoms with Crippen molar-refractivity contribution < 1.29 is 0 Å². The molecular weight excluding hydrogens is 335 g/mol. The summed E-state index contributed by atoms with van der Waals surface area (Å²) in [5.74, 6) is 0. The molecule has 0 radical (unpaired) electrons. The van der Waals surface area contributed by atoms with Crippen molar-refractivity contribution in [3.8, 4) is 0 Å². The van der Waals surface area contributed by atoms with Crippen LogP contribution in [0.15, 0.2) is 42.5 Å². The van der Waals surface area contributed by atoms with E-state index in [2.05, 4.69) is 10.6 Å². The minimum absolute atomic E-state index is 0.483. The zero-order valence-electron chi connectivity index (χ0n) is 10.3. The van der Waals surface area contributed by atoms with E-state index < -0.39 is 0 Å². The van der Waals surface area contributed by atoms with E-state index in [0.29, 0.717) is 26.7 Å². The number of halogens is 3. The Morgan fingerprint density at radius 3 is 2.30 bits per heavy atom. The minimum atomic E-state index is 0.483. The monoisotopic (exact) mass is 344 g/mol. The van der Waals surface area contributed by atoms with Crippen molar-refractivity contribution in [2.75, 3.05) is 5.32 Å². The second-order valence-corrected chi connectivity index (χ2v) is 5.72. The van der Waals surface area contributed by atoms with Gasteiger partial charge in [-0.15, -0.1) is 0 Å². The topological polar surface area (TPSA) is 24.1 Å². The van der Waals surface area contributed by atoms with Crippen LogP contribution in [0.2, 0.25) is 15.1 Å². The molecule has 0 saturated carbocycles. The second kappa shape index (κ2) is 7.14. The molecule has 0 aliphatic carbocycles. The van der Waals surface area contributed by atoms with Gasteiger partial charge in [0.1, 0.15) is 0 Å². The highest BCUT2D eigenvalue weighted by molar-refractivity contribution is 7.80. The van der Waals surface area contributed by atoms with Crippen molar-refractivity contribution >= 4 is 57.8 Å². The fourth-order valence-electron chi connectivity index (χ4n) is 1.53. The maximum atomic E-state index is 5.94. The Morgan fingerprint density at radius 1 is 0.950 bits per heavy atom. The van der Waals surface area contributed by atoms with E-state index in [1.807, 2.05) is 30.3 Å². The standard InChI is InChI=1S/C14H11Cl3N2S/c15-10-3-1-9(2-4-10)8-18-14(20)19-11-5-6-12(16)13(17)7-11/h1-7H,8H2,(H2,18,19,20). The average Bonchev–Trinajstić information content (AvgIpc) is 2.42. The van der Waals surface area contributed by atoms with E-state index in [0.717, 1.165) is 11.3 Å². The summed E-state index contributed by atoms with van der Waals surface area (Å²) in [6.45, 7) is 0.615. The predicted octanol–water partition coefficient (Wildman–Crippen LogP) is 5.13. The predicted molar refractivity (Wildman–Crippen MR) is 91.0 cm³/mol. The molecule has 0 saturated heterocycles. The highest BCUT2D eigenvalue weighted by atomic mass is 35.5. The fourth-order valence-corrected chi connectivity index (χ4v) is 2.15. The zero-order chi connectivity index (χ0) is 14.5. The number of benzene rings is 2. The lowest BCUT2D eigenvalue weighted by atomic mass is 10.2. The van der Waals surface area contributed by atoms with E-state index >= 15 is 0 Å². The van der Waals surface area contributed by atoms with Gasteiger partial charge >= 0.3 is 0 Å². The van der Waals surface area contributed by atoms with E-state index in [-0.39, 0.29) is 0 Å². The first-order valence-electron chi connectivity index (χ1n) is 5.79. The normalized spacial score (nSPS) is 10.2. The van der Waals surface area contributed by atoms with Crippen LogP contribution in [-0.2, 0) is 6.54 Å². The van der Waals surface area contributed by atoms with Crippen molar-refractivity contribution in [3.05, 3.63) is 63.1 Å². The van der Waals surface area contributed by atoms with Crippen molar-refractivity contribution in [1.29, 1.82) is 0 Å². The zero-order valence-corrected chi connectivity index (χ0v) is 13.4. The number of thiocarbonyl (C=S) groups is 1. The molecule has 2 aromatic rings. The molecular formula is C14H11Cl3N2S. The summed E-state index contributed by atoms with van der Waals surface area (Å²) in [5.41, 5.74) is 1.88. The molecule has 2 N–H and O–H groups in total. The molecule has 0 spiro atoms. The van der Waals surface area contributed by atoms with Gasteiger partial charge in [0.2, 0.25) is 0 Å². The maximum absolute atomic E-state index is 5.94. The minimum Gasteiger partial charge on any atom is -0.358 e. The Hall–Kier alpha value is -1.000. The summed E-state index contributed by atoms with van der Waals surface area (Å²) in [6.07, 6.45) is 0. The third kappa shape index (κ3) is 4.53. The molecule has 2 nitrogen and oxygen atoms in total. The van der Waals surface area contributed by atoms with Crippen LogP contribution in [0.25, 0.3) is 0 Å². The molecule has 0 bridgehead atoms. The van der Waals surface area contributed by atoms with Gasteiger partial charge in [-0.05, 0) is 48.1 Å². The number of hydrogen-bond donors (Lipinski definition) is 2. The first kappa shape index (κ1) is 15.4. The SMILES string of the molecule is S=C(NCc1ccc(Cl)cc1)Nc1ccc(Cl)c(Cl)c1. The van der Waals surface area contributed by atoms with Crippen LogP contribution in [0.5, 0.6) is 0 Å². The Kier molecular flexibility index (Phi) is 5.49. The number of hydrogen-bond acceptors (Lipinski definition) is 1. The third-order valence-corrected chi connectivity index (χ3v) is 3.78. The molecule has 0 aliphatic heterocycles. The fraction of sp³-hybridized carbons (Fsp3) is 0.0714. The number of anilines is 1. The van der Waals surface area contributed by atoms with Gasteiger partial charge < -0.3 is 10.6 Å². The summed E-state index contributed by atoms with van der Waals surface area (Å²) >= 11 is 22.8. The van der Waals surface area contributed by atoms with E-state index in [9.17, 15) is 0 Å². The average molecular weight is 346 g/mol. The molecule has 6 heteroatoms. The van der Waals surface area contributed by atoms with Crippen molar-refractivity contribution in [3.63, 3.8) is 0 Å². The van der Waals surface area contributed by atoms with Gasteiger partial charge in [-0.25, -0.2) is 0 Å². The lowest BCUT2D eigenvalue weighted by Crippen LogP contribution is -2.27. The Morgan fingerprint density at radius 2 is 1.65 bits per heavy atom. The van der Waals surface area contributed by atoms with Gasteiger partial charge in [-0.3, -0.25) is 0 Å². The molecule has 0 fully saturated rings. The molecule has 0 heterocycles. The highest BCUT2D eigenvalue weighted by Gasteiger charge is 2.02. The molecule has 20 heavy (non-hydrogen) atoms. The smallest absolute Gasteiger partial charge is 0.171 e. The lowest BCUT2D eigenvalue weighted by molar-refractivity contribution is 0.926. The lowest BCUT2D eigenvalue weighted by Gasteiger charge is -2.11. The summed E-state index contributed by atoms with van der Waals surface area (Å²) < 4.78 is 0. The molecule has 0 amide bonds. The summed E-state index contributed by atoms with van der Waals surface area (Å²) in [6, 6.07) is 12.8. The van der Waals surface area contributed by atoms with Crippen LogP contribution in [0.4, 0.5) is 5.69 Å². The van der Waals surface area contributed by atoms with Crippen molar-refractivity contribution in [2.24, 2.45) is 0 Å². The highest BCUT2D eigenvalue weighted by Crippen LogP contribution is 2.24. The summed E-state index contributed by atoms with van der Waals surface area (Å²) in [4.78, 5) is 0. The van der Waals surface area contributed by atoms with Gasteiger partial charge in [0.05, 0.1) is 10.0 Å². The Balaban J connectivity index is 1.89. The van der Waals surface area contributed by atoms with Crippen LogP contribution in [0, 0.1) is 0 Å². The largest absolute Gasteiger partial charge is 0.358 e. The molecule has 104 valence electrons. The van der Waals surface area contributed by atoms with Gasteiger partial charge in [0, 0.05) is 17.3 Å². The van der Waals surface area contributed by atoms with Crippen LogP contribution >= 0.6 is 47.0 Å².